The fourth-order valence-electron chi connectivity index (χ4n) is 5.37. The number of hydrogen-bond acceptors (Lipinski definition) is 3. The molecule has 0 aromatic heterocycles. The van der Waals surface area contributed by atoms with Crippen molar-refractivity contribution in [1.82, 2.24) is 5.32 Å². The quantitative estimate of drug-likeness (QED) is 0.791. The molecule has 2 bridgehead atoms. The molecule has 3 fully saturated rings. The molecule has 21 heavy (non-hydrogen) atoms. The van der Waals surface area contributed by atoms with Crippen LogP contribution in [-0.2, 0) is 4.74 Å². The SMILES string of the molecule is CC1(C)[C@@H]2CC[C@@](C)(C2)[C@H]1OC[C@@H](O)CNC1CCCC1. The lowest BCUT2D eigenvalue weighted by atomic mass is 9.70. The maximum atomic E-state index is 10.2. The monoisotopic (exact) mass is 295 g/mol. The Morgan fingerprint density at radius 1 is 1.19 bits per heavy atom. The van der Waals surface area contributed by atoms with Gasteiger partial charge in [0.1, 0.15) is 0 Å². The molecule has 3 heteroatoms. The van der Waals surface area contributed by atoms with E-state index in [0.717, 1.165) is 5.92 Å². The van der Waals surface area contributed by atoms with E-state index in [4.69, 9.17) is 4.74 Å². The summed E-state index contributed by atoms with van der Waals surface area (Å²) >= 11 is 0. The molecule has 0 unspecified atom stereocenters. The molecule has 0 heterocycles. The normalized spacial score (nSPS) is 40.0. The number of aliphatic hydroxyl groups excluding tert-OH is 1. The minimum atomic E-state index is -0.371. The predicted molar refractivity (Wildman–Crippen MR) is 85.2 cm³/mol. The van der Waals surface area contributed by atoms with Crippen LogP contribution in [0.2, 0.25) is 0 Å². The zero-order valence-corrected chi connectivity index (χ0v) is 14.0. The first-order chi connectivity index (χ1) is 9.92. The van der Waals surface area contributed by atoms with Crippen molar-refractivity contribution < 1.29 is 9.84 Å². The third-order valence-corrected chi connectivity index (χ3v) is 6.59. The van der Waals surface area contributed by atoms with Gasteiger partial charge in [-0.25, -0.2) is 0 Å². The van der Waals surface area contributed by atoms with Crippen LogP contribution in [0.3, 0.4) is 0 Å². The van der Waals surface area contributed by atoms with E-state index in [1.54, 1.807) is 0 Å². The fourth-order valence-corrected chi connectivity index (χ4v) is 5.37. The van der Waals surface area contributed by atoms with Crippen molar-refractivity contribution in [3.63, 3.8) is 0 Å². The fraction of sp³-hybridized carbons (Fsp3) is 1.00. The van der Waals surface area contributed by atoms with E-state index < -0.39 is 0 Å². The maximum Gasteiger partial charge on any atom is 0.0897 e. The zero-order valence-electron chi connectivity index (χ0n) is 14.0. The number of fused-ring (bicyclic) bond motifs is 2. The van der Waals surface area contributed by atoms with E-state index in [0.29, 0.717) is 30.7 Å². The van der Waals surface area contributed by atoms with E-state index in [9.17, 15) is 5.11 Å². The number of nitrogens with one attached hydrogen (secondary N) is 1. The van der Waals surface area contributed by atoms with Crippen LogP contribution < -0.4 is 5.32 Å². The van der Waals surface area contributed by atoms with Crippen molar-refractivity contribution in [2.45, 2.75) is 84.0 Å². The number of aliphatic hydroxyl groups is 1. The largest absolute Gasteiger partial charge is 0.389 e. The van der Waals surface area contributed by atoms with Gasteiger partial charge in [-0.3, -0.25) is 0 Å². The van der Waals surface area contributed by atoms with E-state index in [1.807, 2.05) is 0 Å². The van der Waals surface area contributed by atoms with Crippen molar-refractivity contribution in [2.24, 2.45) is 16.7 Å². The highest BCUT2D eigenvalue weighted by molar-refractivity contribution is 5.09. The summed E-state index contributed by atoms with van der Waals surface area (Å²) in [6.45, 7) is 8.26. The van der Waals surface area contributed by atoms with Gasteiger partial charge in [-0.2, -0.15) is 0 Å². The van der Waals surface area contributed by atoms with Gasteiger partial charge in [0.15, 0.2) is 0 Å². The predicted octanol–water partition coefficient (Wildman–Crippen LogP) is 3.11. The highest BCUT2D eigenvalue weighted by Gasteiger charge is 2.60. The van der Waals surface area contributed by atoms with E-state index in [2.05, 4.69) is 26.1 Å². The van der Waals surface area contributed by atoms with E-state index in [1.165, 1.54) is 44.9 Å². The molecule has 0 aromatic carbocycles. The first-order valence-electron chi connectivity index (χ1n) is 8.95. The lowest BCUT2D eigenvalue weighted by Gasteiger charge is -2.42. The minimum absolute atomic E-state index is 0.269. The average Bonchev–Trinajstić information content (AvgIpc) is 3.09. The van der Waals surface area contributed by atoms with Crippen molar-refractivity contribution in [1.29, 1.82) is 0 Å². The number of rotatable bonds is 6. The first-order valence-corrected chi connectivity index (χ1v) is 8.95. The Hall–Kier alpha value is -0.120. The molecule has 0 amide bonds. The topological polar surface area (TPSA) is 41.5 Å². The summed E-state index contributed by atoms with van der Waals surface area (Å²) in [6, 6.07) is 0.621. The molecule has 0 radical (unpaired) electrons. The number of hydrogen-bond donors (Lipinski definition) is 2. The van der Waals surface area contributed by atoms with Gasteiger partial charge in [0, 0.05) is 12.6 Å². The second kappa shape index (κ2) is 5.82. The molecule has 0 spiro atoms. The van der Waals surface area contributed by atoms with Gasteiger partial charge in [0.25, 0.3) is 0 Å². The van der Waals surface area contributed by atoms with Crippen LogP contribution in [0.15, 0.2) is 0 Å². The third-order valence-electron chi connectivity index (χ3n) is 6.59. The molecular weight excluding hydrogens is 262 g/mol. The summed E-state index contributed by atoms with van der Waals surface area (Å²) in [5.74, 6) is 0.807. The van der Waals surface area contributed by atoms with Crippen LogP contribution in [0.4, 0.5) is 0 Å². The van der Waals surface area contributed by atoms with Crippen LogP contribution in [0.25, 0.3) is 0 Å². The van der Waals surface area contributed by atoms with Crippen molar-refractivity contribution in [2.75, 3.05) is 13.2 Å². The molecular formula is C18H33NO2. The van der Waals surface area contributed by atoms with E-state index in [-0.39, 0.29) is 11.5 Å². The Kier molecular flexibility index (Phi) is 4.37. The summed E-state index contributed by atoms with van der Waals surface area (Å²) in [4.78, 5) is 0. The van der Waals surface area contributed by atoms with Gasteiger partial charge in [0.2, 0.25) is 0 Å². The summed E-state index contributed by atoms with van der Waals surface area (Å²) in [7, 11) is 0. The first kappa shape index (κ1) is 15.8. The maximum absolute atomic E-state index is 10.2. The molecule has 0 aliphatic heterocycles. The Morgan fingerprint density at radius 2 is 1.90 bits per heavy atom. The minimum Gasteiger partial charge on any atom is -0.389 e. The second-order valence-corrected chi connectivity index (χ2v) is 8.67. The van der Waals surface area contributed by atoms with Crippen LogP contribution in [0.5, 0.6) is 0 Å². The van der Waals surface area contributed by atoms with Gasteiger partial charge in [-0.05, 0) is 48.9 Å². The molecule has 122 valence electrons. The van der Waals surface area contributed by atoms with Crippen LogP contribution in [0, 0.1) is 16.7 Å². The smallest absolute Gasteiger partial charge is 0.0897 e. The molecule has 4 atom stereocenters. The Labute approximate surface area is 129 Å². The molecule has 2 N–H and O–H groups in total. The summed E-state index contributed by atoms with van der Waals surface area (Å²) < 4.78 is 6.24. The average molecular weight is 295 g/mol. The summed E-state index contributed by atoms with van der Waals surface area (Å²) in [5, 5.41) is 13.7. The molecule has 3 nitrogen and oxygen atoms in total. The van der Waals surface area contributed by atoms with Crippen LogP contribution in [0.1, 0.15) is 65.7 Å². The second-order valence-electron chi connectivity index (χ2n) is 8.67. The molecule has 0 saturated heterocycles. The molecule has 0 aromatic rings. The molecule has 3 aliphatic rings. The van der Waals surface area contributed by atoms with Crippen molar-refractivity contribution in [3.8, 4) is 0 Å². The standard InChI is InChI=1S/C18H33NO2/c1-17(2)13-8-9-18(3,10-13)16(17)21-12-15(20)11-19-14-6-4-5-7-14/h13-16,19-20H,4-12H2,1-3H3/t13-,15+,16+,18+/m1/s1. The van der Waals surface area contributed by atoms with Gasteiger partial charge in [-0.15, -0.1) is 0 Å². The Morgan fingerprint density at radius 3 is 2.52 bits per heavy atom. The van der Waals surface area contributed by atoms with Gasteiger partial charge >= 0.3 is 0 Å². The summed E-state index contributed by atoms with van der Waals surface area (Å²) in [6.07, 6.45) is 9.10. The van der Waals surface area contributed by atoms with Crippen molar-refractivity contribution in [3.05, 3.63) is 0 Å². The van der Waals surface area contributed by atoms with Crippen LogP contribution in [-0.4, -0.2) is 36.5 Å². The Bertz CT molecular complexity index is 359. The van der Waals surface area contributed by atoms with Crippen LogP contribution >= 0.6 is 0 Å². The Balaban J connectivity index is 1.46. The molecule has 3 rings (SSSR count). The van der Waals surface area contributed by atoms with Gasteiger partial charge < -0.3 is 15.2 Å². The lowest BCUT2D eigenvalue weighted by Crippen LogP contribution is -2.45. The molecule has 3 aliphatic carbocycles. The summed E-state index contributed by atoms with van der Waals surface area (Å²) in [5.41, 5.74) is 0.609. The molecule has 3 saturated carbocycles. The lowest BCUT2D eigenvalue weighted by molar-refractivity contribution is -0.110. The third kappa shape index (κ3) is 3.02. The van der Waals surface area contributed by atoms with E-state index >= 15 is 0 Å². The van der Waals surface area contributed by atoms with Gasteiger partial charge in [0.05, 0.1) is 18.8 Å². The van der Waals surface area contributed by atoms with Crippen molar-refractivity contribution >= 4 is 0 Å². The highest BCUT2D eigenvalue weighted by atomic mass is 16.5. The number of ether oxygens (including phenoxy) is 1. The highest BCUT2D eigenvalue weighted by Crippen LogP contribution is 2.63. The zero-order chi connectivity index (χ0) is 15.1. The van der Waals surface area contributed by atoms with Gasteiger partial charge in [-0.1, -0.05) is 33.6 Å².